The summed E-state index contributed by atoms with van der Waals surface area (Å²) in [4.78, 5) is 10.4. The van der Waals surface area contributed by atoms with Crippen LogP contribution in [0.5, 0.6) is 0 Å². The molecule has 0 amide bonds. The Morgan fingerprint density at radius 3 is 2.52 bits per heavy atom. The van der Waals surface area contributed by atoms with Crippen LogP contribution >= 0.6 is 0 Å². The Morgan fingerprint density at radius 2 is 2.05 bits per heavy atom. The molecule has 0 spiro atoms. The van der Waals surface area contributed by atoms with Gasteiger partial charge in [0, 0.05) is 32.1 Å². The Kier molecular flexibility index (Phi) is 4.31. The summed E-state index contributed by atoms with van der Waals surface area (Å²) in [6, 6.07) is 3.82. The van der Waals surface area contributed by atoms with Crippen molar-refractivity contribution in [2.45, 2.75) is 30.3 Å². The highest BCUT2D eigenvalue weighted by atomic mass is 32.2. The largest absolute Gasteiger partial charge is 0.392 e. The van der Waals surface area contributed by atoms with Gasteiger partial charge in [0.05, 0.1) is 15.9 Å². The lowest BCUT2D eigenvalue weighted by molar-refractivity contribution is -0.385. The van der Waals surface area contributed by atoms with Crippen LogP contribution in [0.3, 0.4) is 0 Å². The summed E-state index contributed by atoms with van der Waals surface area (Å²) >= 11 is 0. The molecular weight excluding hydrogens is 296 g/mol. The minimum absolute atomic E-state index is 0.121. The topological polar surface area (TPSA) is 101 Å². The van der Waals surface area contributed by atoms with E-state index in [1.54, 1.807) is 0 Å². The molecule has 0 bridgehead atoms. The standard InChI is InChI=1S/C13H18N2O5S/c1-14(2)21(19,20)11-6-5-10(12(8-11)15(17)18)7-13(16)9-3-4-9/h5-6,8-9,13,16H,3-4,7H2,1-2H3. The number of aliphatic hydroxyl groups is 1. The fourth-order valence-electron chi connectivity index (χ4n) is 2.13. The molecule has 1 N–H and O–H groups in total. The molecule has 1 aromatic rings. The number of benzene rings is 1. The summed E-state index contributed by atoms with van der Waals surface area (Å²) in [6.07, 6.45) is 1.42. The van der Waals surface area contributed by atoms with Crippen molar-refractivity contribution in [3.63, 3.8) is 0 Å². The molecule has 2 rings (SSSR count). The van der Waals surface area contributed by atoms with Crippen molar-refractivity contribution < 1.29 is 18.4 Å². The van der Waals surface area contributed by atoms with Gasteiger partial charge in [0.15, 0.2) is 0 Å². The molecule has 0 saturated heterocycles. The van der Waals surface area contributed by atoms with Gasteiger partial charge < -0.3 is 5.11 Å². The van der Waals surface area contributed by atoms with Gasteiger partial charge in [-0.25, -0.2) is 12.7 Å². The first-order valence-corrected chi connectivity index (χ1v) is 8.05. The van der Waals surface area contributed by atoms with Gasteiger partial charge in [0.2, 0.25) is 10.0 Å². The van der Waals surface area contributed by atoms with Gasteiger partial charge in [-0.05, 0) is 24.8 Å². The molecule has 1 aromatic carbocycles. The monoisotopic (exact) mass is 314 g/mol. The minimum atomic E-state index is -3.72. The predicted octanol–water partition coefficient (Wildman–Crippen LogP) is 1.16. The SMILES string of the molecule is CN(C)S(=O)(=O)c1ccc(CC(O)C2CC2)c([N+](=O)[O-])c1. The van der Waals surface area contributed by atoms with E-state index < -0.39 is 21.1 Å². The molecule has 1 unspecified atom stereocenters. The number of hydrogen-bond donors (Lipinski definition) is 1. The lowest BCUT2D eigenvalue weighted by Crippen LogP contribution is -2.22. The maximum atomic E-state index is 12.0. The maximum absolute atomic E-state index is 12.0. The number of aliphatic hydroxyl groups excluding tert-OH is 1. The van der Waals surface area contributed by atoms with E-state index in [4.69, 9.17) is 0 Å². The molecule has 0 aliphatic heterocycles. The quantitative estimate of drug-likeness (QED) is 0.627. The van der Waals surface area contributed by atoms with Crippen molar-refractivity contribution in [3.8, 4) is 0 Å². The van der Waals surface area contributed by atoms with E-state index in [1.165, 1.54) is 26.2 Å². The third-order valence-electron chi connectivity index (χ3n) is 3.63. The van der Waals surface area contributed by atoms with Gasteiger partial charge in [-0.3, -0.25) is 10.1 Å². The second-order valence-electron chi connectivity index (χ2n) is 5.44. The van der Waals surface area contributed by atoms with Gasteiger partial charge in [-0.15, -0.1) is 0 Å². The summed E-state index contributed by atoms with van der Waals surface area (Å²) in [7, 11) is -0.982. The Balaban J connectivity index is 2.37. The molecule has 1 fully saturated rings. The summed E-state index contributed by atoms with van der Waals surface area (Å²) in [5.41, 5.74) is 0.0923. The zero-order valence-corrected chi connectivity index (χ0v) is 12.7. The predicted molar refractivity (Wildman–Crippen MR) is 76.4 cm³/mol. The Bertz CT molecular complexity index is 653. The molecule has 7 nitrogen and oxygen atoms in total. The van der Waals surface area contributed by atoms with Crippen molar-refractivity contribution >= 4 is 15.7 Å². The highest BCUT2D eigenvalue weighted by molar-refractivity contribution is 7.89. The van der Waals surface area contributed by atoms with E-state index in [9.17, 15) is 23.6 Å². The maximum Gasteiger partial charge on any atom is 0.274 e. The summed E-state index contributed by atoms with van der Waals surface area (Å²) in [5.74, 6) is 0.204. The highest BCUT2D eigenvalue weighted by Crippen LogP contribution is 2.35. The Hall–Kier alpha value is -1.51. The number of nitro groups is 1. The van der Waals surface area contributed by atoms with E-state index in [0.29, 0.717) is 5.56 Å². The van der Waals surface area contributed by atoms with Crippen molar-refractivity contribution in [2.24, 2.45) is 5.92 Å². The lowest BCUT2D eigenvalue weighted by atomic mass is 10.0. The van der Waals surface area contributed by atoms with Gasteiger partial charge in [0.1, 0.15) is 0 Å². The first-order chi connectivity index (χ1) is 9.73. The molecule has 8 heteroatoms. The van der Waals surface area contributed by atoms with Crippen LogP contribution in [0.2, 0.25) is 0 Å². The van der Waals surface area contributed by atoms with Crippen LogP contribution in [0.4, 0.5) is 5.69 Å². The summed E-state index contributed by atoms with van der Waals surface area (Å²) in [6.45, 7) is 0. The molecule has 0 aromatic heterocycles. The molecule has 116 valence electrons. The van der Waals surface area contributed by atoms with E-state index >= 15 is 0 Å². The zero-order valence-electron chi connectivity index (χ0n) is 11.9. The molecule has 1 aliphatic carbocycles. The van der Waals surface area contributed by atoms with Crippen LogP contribution in [-0.2, 0) is 16.4 Å². The number of hydrogen-bond acceptors (Lipinski definition) is 5. The van der Waals surface area contributed by atoms with E-state index in [2.05, 4.69) is 0 Å². The van der Waals surface area contributed by atoms with Crippen LogP contribution in [0.15, 0.2) is 23.1 Å². The van der Waals surface area contributed by atoms with Crippen molar-refractivity contribution in [2.75, 3.05) is 14.1 Å². The van der Waals surface area contributed by atoms with E-state index in [-0.39, 0.29) is 22.9 Å². The lowest BCUT2D eigenvalue weighted by Gasteiger charge is -2.13. The van der Waals surface area contributed by atoms with Crippen LogP contribution in [0.25, 0.3) is 0 Å². The molecule has 1 saturated carbocycles. The summed E-state index contributed by atoms with van der Waals surface area (Å²) in [5, 5.41) is 21.1. The number of sulfonamides is 1. The van der Waals surface area contributed by atoms with E-state index in [1.807, 2.05) is 0 Å². The molecule has 0 radical (unpaired) electrons. The third kappa shape index (κ3) is 3.39. The molecular formula is C13H18N2O5S. The molecule has 1 aliphatic rings. The van der Waals surface area contributed by atoms with Crippen molar-refractivity contribution in [1.29, 1.82) is 0 Å². The van der Waals surface area contributed by atoms with Gasteiger partial charge in [-0.1, -0.05) is 6.07 Å². The summed E-state index contributed by atoms with van der Waals surface area (Å²) < 4.78 is 25.0. The fourth-order valence-corrected chi connectivity index (χ4v) is 3.05. The fraction of sp³-hybridized carbons (Fsp3) is 0.538. The first-order valence-electron chi connectivity index (χ1n) is 6.61. The molecule has 0 heterocycles. The van der Waals surface area contributed by atoms with Crippen LogP contribution in [0, 0.1) is 16.0 Å². The van der Waals surface area contributed by atoms with E-state index in [0.717, 1.165) is 23.2 Å². The smallest absolute Gasteiger partial charge is 0.274 e. The number of nitro benzene ring substituents is 1. The number of rotatable bonds is 6. The van der Waals surface area contributed by atoms with Crippen LogP contribution in [-0.4, -0.2) is 43.0 Å². The number of nitrogens with zero attached hydrogens (tertiary/aromatic N) is 2. The Morgan fingerprint density at radius 1 is 1.43 bits per heavy atom. The zero-order chi connectivity index (χ0) is 15.8. The normalized spacial score (nSPS) is 17.0. The van der Waals surface area contributed by atoms with Gasteiger partial charge in [0.25, 0.3) is 5.69 Å². The van der Waals surface area contributed by atoms with Gasteiger partial charge >= 0.3 is 0 Å². The minimum Gasteiger partial charge on any atom is -0.392 e. The second kappa shape index (κ2) is 5.70. The average molecular weight is 314 g/mol. The van der Waals surface area contributed by atoms with Gasteiger partial charge in [-0.2, -0.15) is 0 Å². The van der Waals surface area contributed by atoms with Crippen LogP contribution < -0.4 is 0 Å². The molecule has 1 atom stereocenters. The highest BCUT2D eigenvalue weighted by Gasteiger charge is 2.32. The first kappa shape index (κ1) is 15.9. The van der Waals surface area contributed by atoms with Crippen molar-refractivity contribution in [1.82, 2.24) is 4.31 Å². The Labute approximate surface area is 123 Å². The average Bonchev–Trinajstić information content (AvgIpc) is 3.22. The van der Waals surface area contributed by atoms with Crippen LogP contribution in [0.1, 0.15) is 18.4 Å². The second-order valence-corrected chi connectivity index (χ2v) is 7.60. The van der Waals surface area contributed by atoms with Crippen molar-refractivity contribution in [3.05, 3.63) is 33.9 Å². The third-order valence-corrected chi connectivity index (χ3v) is 5.44. The molecule has 21 heavy (non-hydrogen) atoms.